The molecule has 0 bridgehead atoms. The number of fused-ring (bicyclic) bond motifs is 1. The van der Waals surface area contributed by atoms with Crippen molar-refractivity contribution in [3.05, 3.63) is 58.6 Å². The number of rotatable bonds is 6. The lowest BCUT2D eigenvalue weighted by Crippen LogP contribution is -2.29. The number of nitrogens with one attached hydrogen (secondary N) is 1. The number of aryl methyl sites for hydroxylation is 1. The molecule has 3 heterocycles. The Morgan fingerprint density at radius 1 is 1.29 bits per heavy atom. The summed E-state index contributed by atoms with van der Waals surface area (Å²) in [5.41, 5.74) is 8.89. The van der Waals surface area contributed by atoms with Gasteiger partial charge in [0.15, 0.2) is 0 Å². The number of aromatic nitrogens is 5. The zero-order valence-corrected chi connectivity index (χ0v) is 17.4. The van der Waals surface area contributed by atoms with Gasteiger partial charge in [-0.25, -0.2) is 15.0 Å². The van der Waals surface area contributed by atoms with Crippen LogP contribution in [0.1, 0.15) is 49.7 Å². The number of hydrogen-bond donors (Lipinski definition) is 2. The second-order valence-corrected chi connectivity index (χ2v) is 7.82. The van der Waals surface area contributed by atoms with Crippen LogP contribution >= 0.6 is 0 Å². The third kappa shape index (κ3) is 3.31. The van der Waals surface area contributed by atoms with Crippen LogP contribution in [0, 0.1) is 6.92 Å². The van der Waals surface area contributed by atoms with Gasteiger partial charge in [0.25, 0.3) is 5.56 Å². The van der Waals surface area contributed by atoms with Gasteiger partial charge < -0.3 is 15.6 Å². The number of nitrogens with two attached hydrogens (primary N) is 1. The molecule has 0 radical (unpaired) electrons. The van der Waals surface area contributed by atoms with Crippen molar-refractivity contribution in [1.82, 2.24) is 24.7 Å². The quantitative estimate of drug-likeness (QED) is 0.487. The molecule has 9 heteroatoms. The first-order valence-corrected chi connectivity index (χ1v) is 10.4. The highest BCUT2D eigenvalue weighted by molar-refractivity contribution is 5.82. The van der Waals surface area contributed by atoms with Crippen molar-refractivity contribution >= 4 is 22.5 Å². The van der Waals surface area contributed by atoms with Crippen molar-refractivity contribution < 1.29 is 4.52 Å². The molecule has 0 spiro atoms. The predicted molar refractivity (Wildman–Crippen MR) is 118 cm³/mol. The molecule has 4 aromatic rings. The van der Waals surface area contributed by atoms with Gasteiger partial charge in [0.2, 0.25) is 0 Å². The van der Waals surface area contributed by atoms with Crippen LogP contribution in [0.15, 0.2) is 46.2 Å². The molecule has 1 saturated carbocycles. The third-order valence-corrected chi connectivity index (χ3v) is 5.68. The number of nitrogens with zero attached hydrogens (tertiary/aromatic N) is 5. The number of benzene rings is 1. The largest absolute Gasteiger partial charge is 0.383 e. The summed E-state index contributed by atoms with van der Waals surface area (Å²) in [5.74, 6) is 1.52. The van der Waals surface area contributed by atoms with E-state index < -0.39 is 0 Å². The summed E-state index contributed by atoms with van der Waals surface area (Å²) in [6.07, 6.45) is 5.53. The molecule has 0 amide bonds. The normalized spacial score (nSPS) is 14.6. The highest BCUT2D eigenvalue weighted by atomic mass is 16.5. The lowest BCUT2D eigenvalue weighted by molar-refractivity contribution is 0.422. The fourth-order valence-corrected chi connectivity index (χ4v) is 3.97. The van der Waals surface area contributed by atoms with Gasteiger partial charge in [-0.2, -0.15) is 0 Å². The van der Waals surface area contributed by atoms with E-state index in [-0.39, 0.29) is 17.6 Å². The van der Waals surface area contributed by atoms with E-state index in [4.69, 9.17) is 15.2 Å². The Morgan fingerprint density at radius 3 is 2.84 bits per heavy atom. The van der Waals surface area contributed by atoms with Gasteiger partial charge >= 0.3 is 0 Å². The SMILES string of the molecule is CCC(Nc1ncnc(N)c1-c1ccon1)c1nc2cccc(C)c2c(=O)n1C1CC1. The smallest absolute Gasteiger partial charge is 0.261 e. The van der Waals surface area contributed by atoms with E-state index >= 15 is 0 Å². The molecule has 1 unspecified atom stereocenters. The van der Waals surface area contributed by atoms with Crippen molar-refractivity contribution in [2.45, 2.75) is 45.2 Å². The average Bonchev–Trinajstić information content (AvgIpc) is 3.45. The van der Waals surface area contributed by atoms with Crippen molar-refractivity contribution in [2.75, 3.05) is 11.1 Å². The molecule has 3 N–H and O–H groups in total. The van der Waals surface area contributed by atoms with Gasteiger partial charge in [-0.05, 0) is 37.8 Å². The fraction of sp³-hybridized carbons (Fsp3) is 0.318. The topological polar surface area (TPSA) is 125 Å². The van der Waals surface area contributed by atoms with E-state index in [1.807, 2.05) is 36.6 Å². The summed E-state index contributed by atoms with van der Waals surface area (Å²) in [4.78, 5) is 26.9. The van der Waals surface area contributed by atoms with Crippen LogP contribution < -0.4 is 16.6 Å². The summed E-state index contributed by atoms with van der Waals surface area (Å²) in [7, 11) is 0. The predicted octanol–water partition coefficient (Wildman–Crippen LogP) is 3.63. The maximum Gasteiger partial charge on any atom is 0.261 e. The van der Waals surface area contributed by atoms with Gasteiger partial charge in [0, 0.05) is 12.1 Å². The van der Waals surface area contributed by atoms with E-state index in [9.17, 15) is 4.79 Å². The Balaban J connectivity index is 1.65. The molecule has 1 aliphatic rings. The van der Waals surface area contributed by atoms with Gasteiger partial charge in [-0.3, -0.25) is 9.36 Å². The van der Waals surface area contributed by atoms with Crippen molar-refractivity contribution in [1.29, 1.82) is 0 Å². The van der Waals surface area contributed by atoms with E-state index in [1.165, 1.54) is 12.6 Å². The lowest BCUT2D eigenvalue weighted by atomic mass is 10.1. The van der Waals surface area contributed by atoms with Crippen LogP contribution in [0.4, 0.5) is 11.6 Å². The standard InChI is InChI=1S/C22H23N7O2/c1-3-14(26-20-18(16-9-10-31-28-16)19(23)24-11-25-20)21-27-15-6-4-5-12(2)17(15)22(30)29(21)13-7-8-13/h4-6,9-11,13-14H,3,7-8H2,1-2H3,(H3,23,24,25,26). The molecule has 158 valence electrons. The molecule has 0 saturated heterocycles. The van der Waals surface area contributed by atoms with E-state index in [0.29, 0.717) is 46.0 Å². The Bertz CT molecular complexity index is 1310. The van der Waals surface area contributed by atoms with Gasteiger partial charge in [0.05, 0.1) is 22.5 Å². The Hall–Kier alpha value is -3.75. The second-order valence-electron chi connectivity index (χ2n) is 7.82. The first-order valence-electron chi connectivity index (χ1n) is 10.4. The molecule has 1 aliphatic carbocycles. The van der Waals surface area contributed by atoms with Gasteiger partial charge in [-0.1, -0.05) is 24.2 Å². The van der Waals surface area contributed by atoms with Crippen molar-refractivity contribution in [3.8, 4) is 11.3 Å². The molecule has 1 atom stereocenters. The highest BCUT2D eigenvalue weighted by Crippen LogP contribution is 2.38. The first-order chi connectivity index (χ1) is 15.1. The average molecular weight is 417 g/mol. The van der Waals surface area contributed by atoms with Crippen LogP contribution in [0.5, 0.6) is 0 Å². The van der Waals surface area contributed by atoms with Crippen molar-refractivity contribution in [3.63, 3.8) is 0 Å². The molecule has 1 fully saturated rings. The summed E-state index contributed by atoms with van der Waals surface area (Å²) >= 11 is 0. The molecular weight excluding hydrogens is 394 g/mol. The molecular formula is C22H23N7O2. The Kier molecular flexibility index (Phi) is 4.65. The summed E-state index contributed by atoms with van der Waals surface area (Å²) in [6.45, 7) is 3.99. The van der Waals surface area contributed by atoms with Crippen LogP contribution in [0.2, 0.25) is 0 Å². The molecule has 1 aromatic carbocycles. The minimum Gasteiger partial charge on any atom is -0.383 e. The lowest BCUT2D eigenvalue weighted by Gasteiger charge is -2.23. The van der Waals surface area contributed by atoms with Crippen LogP contribution in [-0.2, 0) is 0 Å². The molecule has 5 rings (SSSR count). The fourth-order valence-electron chi connectivity index (χ4n) is 3.97. The number of anilines is 2. The zero-order valence-electron chi connectivity index (χ0n) is 17.4. The van der Waals surface area contributed by atoms with E-state index in [1.54, 1.807) is 6.07 Å². The summed E-state index contributed by atoms with van der Waals surface area (Å²) < 4.78 is 6.84. The van der Waals surface area contributed by atoms with Crippen LogP contribution in [-0.4, -0.2) is 24.7 Å². The summed E-state index contributed by atoms with van der Waals surface area (Å²) in [5, 5.41) is 8.11. The minimum atomic E-state index is -0.252. The number of nitrogen functional groups attached to an aromatic ring is 1. The summed E-state index contributed by atoms with van der Waals surface area (Å²) in [6, 6.07) is 7.40. The number of hydrogen-bond acceptors (Lipinski definition) is 8. The zero-order chi connectivity index (χ0) is 21.5. The maximum atomic E-state index is 13.5. The molecule has 0 aliphatic heterocycles. The Labute approximate surface area is 178 Å². The molecule has 31 heavy (non-hydrogen) atoms. The first kappa shape index (κ1) is 19.2. The maximum absolute atomic E-state index is 13.5. The third-order valence-electron chi connectivity index (χ3n) is 5.68. The monoisotopic (exact) mass is 417 g/mol. The van der Waals surface area contributed by atoms with E-state index in [0.717, 1.165) is 18.4 Å². The minimum absolute atomic E-state index is 0.0137. The van der Waals surface area contributed by atoms with Crippen molar-refractivity contribution in [2.24, 2.45) is 0 Å². The highest BCUT2D eigenvalue weighted by Gasteiger charge is 2.31. The molecule has 9 nitrogen and oxygen atoms in total. The van der Waals surface area contributed by atoms with E-state index in [2.05, 4.69) is 20.4 Å². The van der Waals surface area contributed by atoms with Crippen LogP contribution in [0.3, 0.4) is 0 Å². The van der Waals surface area contributed by atoms with Gasteiger partial charge in [0.1, 0.15) is 35.7 Å². The second kappa shape index (κ2) is 7.50. The van der Waals surface area contributed by atoms with Crippen LogP contribution in [0.25, 0.3) is 22.2 Å². The molecule has 3 aromatic heterocycles. The van der Waals surface area contributed by atoms with Gasteiger partial charge in [-0.15, -0.1) is 0 Å². The Morgan fingerprint density at radius 2 is 2.13 bits per heavy atom.